The monoisotopic (exact) mass is 292 g/mol. The average molecular weight is 292 g/mol. The third kappa shape index (κ3) is 3.16. The van der Waals surface area contributed by atoms with Crippen LogP contribution in [0, 0.1) is 0 Å². The summed E-state index contributed by atoms with van der Waals surface area (Å²) in [6, 6.07) is 9.14. The van der Waals surface area contributed by atoms with E-state index in [9.17, 15) is 4.79 Å². The fourth-order valence-corrected chi connectivity index (χ4v) is 2.21. The van der Waals surface area contributed by atoms with Gasteiger partial charge < -0.3 is 15.5 Å². The van der Waals surface area contributed by atoms with Crippen LogP contribution in [0.4, 0.5) is 0 Å². The number of fused-ring (bicyclic) bond motifs is 1. The first-order valence-electron chi connectivity index (χ1n) is 6.50. The first-order chi connectivity index (χ1) is 9.44. The smallest absolute Gasteiger partial charge is 0.238 e. The van der Waals surface area contributed by atoms with Crippen molar-refractivity contribution in [2.75, 3.05) is 6.26 Å². The Balaban J connectivity index is 1.99. The molecule has 1 amide bonds. The summed E-state index contributed by atoms with van der Waals surface area (Å²) in [6.07, 6.45) is 1.95. The van der Waals surface area contributed by atoms with Crippen LogP contribution in [0.1, 0.15) is 19.6 Å². The van der Waals surface area contributed by atoms with Gasteiger partial charge in [0.25, 0.3) is 0 Å². The average Bonchev–Trinajstić information content (AvgIpc) is 2.86. The largest absolute Gasteiger partial charge is 0.459 e. The zero-order valence-electron chi connectivity index (χ0n) is 12.0. The molecule has 0 saturated carbocycles. The summed E-state index contributed by atoms with van der Waals surface area (Å²) in [5.74, 6) is 0.568. The molecule has 0 fully saturated rings. The molecule has 1 atom stereocenters. The maximum atomic E-state index is 12.0. The molecule has 4 nitrogen and oxygen atoms in total. The van der Waals surface area contributed by atoms with Crippen LogP contribution in [0.5, 0.6) is 0 Å². The molecule has 1 aromatic heterocycles. The minimum absolute atomic E-state index is 0.162. The summed E-state index contributed by atoms with van der Waals surface area (Å²) in [5, 5.41) is 3.86. The van der Waals surface area contributed by atoms with Gasteiger partial charge in [0.2, 0.25) is 5.91 Å². The van der Waals surface area contributed by atoms with Crippen molar-refractivity contribution in [1.29, 1.82) is 0 Å². The van der Waals surface area contributed by atoms with E-state index in [1.807, 2.05) is 50.4 Å². The summed E-state index contributed by atoms with van der Waals surface area (Å²) < 4.78 is 5.36. The molecule has 1 heterocycles. The Labute approximate surface area is 123 Å². The second kappa shape index (κ2) is 5.89. The predicted octanol–water partition coefficient (Wildman–Crippen LogP) is 2.52. The van der Waals surface area contributed by atoms with Gasteiger partial charge in [0.05, 0.1) is 12.6 Å². The summed E-state index contributed by atoms with van der Waals surface area (Å²) in [4.78, 5) is 12.0. The molecule has 0 aliphatic heterocycles. The van der Waals surface area contributed by atoms with E-state index in [4.69, 9.17) is 10.2 Å². The lowest BCUT2D eigenvalue weighted by Gasteiger charge is -2.28. The quantitative estimate of drug-likeness (QED) is 0.888. The summed E-state index contributed by atoms with van der Waals surface area (Å²) in [6.45, 7) is 4.28. The zero-order valence-corrected chi connectivity index (χ0v) is 12.8. The number of benzene rings is 1. The van der Waals surface area contributed by atoms with Crippen molar-refractivity contribution in [3.05, 3.63) is 36.1 Å². The molecule has 1 aromatic carbocycles. The number of para-hydroxylation sites is 1. The molecule has 0 saturated heterocycles. The number of rotatable bonds is 5. The second-order valence-corrected chi connectivity index (χ2v) is 6.71. The molecule has 2 rings (SSSR count). The Morgan fingerprint density at radius 3 is 2.80 bits per heavy atom. The van der Waals surface area contributed by atoms with E-state index >= 15 is 0 Å². The van der Waals surface area contributed by atoms with E-state index in [1.165, 1.54) is 0 Å². The van der Waals surface area contributed by atoms with Crippen molar-refractivity contribution in [1.82, 2.24) is 5.32 Å². The lowest BCUT2D eigenvalue weighted by Crippen LogP contribution is -2.51. The fraction of sp³-hybridized carbons (Fsp3) is 0.400. The van der Waals surface area contributed by atoms with Crippen LogP contribution in [0.3, 0.4) is 0 Å². The molecular formula is C15H20N2O2S. The molecule has 0 aliphatic carbocycles. The van der Waals surface area contributed by atoms with E-state index in [2.05, 4.69) is 5.32 Å². The number of hydrogen-bond acceptors (Lipinski definition) is 4. The van der Waals surface area contributed by atoms with E-state index in [0.29, 0.717) is 6.54 Å². The van der Waals surface area contributed by atoms with Gasteiger partial charge in [0.15, 0.2) is 0 Å². The number of amides is 1. The van der Waals surface area contributed by atoms with Crippen molar-refractivity contribution in [2.45, 2.75) is 31.2 Å². The van der Waals surface area contributed by atoms with E-state index in [1.54, 1.807) is 11.8 Å². The Morgan fingerprint density at radius 1 is 1.45 bits per heavy atom. The molecule has 5 heteroatoms. The first-order valence-corrected chi connectivity index (χ1v) is 7.72. The zero-order chi connectivity index (χ0) is 14.8. The number of carbonyl (C=O) groups excluding carboxylic acids is 1. The Morgan fingerprint density at radius 2 is 2.15 bits per heavy atom. The van der Waals surface area contributed by atoms with E-state index in [0.717, 1.165) is 16.7 Å². The number of carbonyl (C=O) groups is 1. The van der Waals surface area contributed by atoms with Gasteiger partial charge >= 0.3 is 0 Å². The molecule has 3 N–H and O–H groups in total. The molecule has 2 aromatic rings. The lowest BCUT2D eigenvalue weighted by atomic mass is 10.0. The van der Waals surface area contributed by atoms with Crippen molar-refractivity contribution in [3.63, 3.8) is 0 Å². The van der Waals surface area contributed by atoms with Crippen molar-refractivity contribution in [2.24, 2.45) is 5.73 Å². The van der Waals surface area contributed by atoms with Gasteiger partial charge in [-0.05, 0) is 32.2 Å². The molecule has 0 spiro atoms. The minimum Gasteiger partial charge on any atom is -0.459 e. The Hall–Kier alpha value is -1.46. The molecule has 0 unspecified atom stereocenters. The fourth-order valence-electron chi connectivity index (χ4n) is 1.85. The molecule has 108 valence electrons. The Bertz CT molecular complexity index is 574. The lowest BCUT2D eigenvalue weighted by molar-refractivity contribution is -0.123. The highest BCUT2D eigenvalue weighted by Gasteiger charge is 2.31. The van der Waals surface area contributed by atoms with Gasteiger partial charge in [0.1, 0.15) is 11.3 Å². The maximum absolute atomic E-state index is 12.0. The maximum Gasteiger partial charge on any atom is 0.238 e. The highest BCUT2D eigenvalue weighted by Crippen LogP contribution is 2.24. The van der Waals surface area contributed by atoms with Crippen LogP contribution >= 0.6 is 11.8 Å². The third-order valence-corrected chi connectivity index (χ3v) is 4.78. The molecule has 0 aliphatic rings. The van der Waals surface area contributed by atoms with Crippen LogP contribution in [-0.4, -0.2) is 23.0 Å². The number of furan rings is 1. The number of nitrogens with one attached hydrogen (secondary N) is 1. The standard InChI is InChI=1S/C15H20N2O2S/c1-15(2,20-3)13(16)14(18)17-9-11-8-10-6-4-5-7-12(10)19-11/h4-8,13H,9,16H2,1-3H3,(H,17,18)/t13-/m1/s1. The van der Waals surface area contributed by atoms with Crippen LogP contribution in [0.2, 0.25) is 0 Å². The molecule has 20 heavy (non-hydrogen) atoms. The SMILES string of the molecule is CSC(C)(C)[C@H](N)C(=O)NCc1cc2ccccc2o1. The van der Waals surface area contributed by atoms with E-state index < -0.39 is 6.04 Å². The number of nitrogens with two attached hydrogens (primary N) is 1. The number of hydrogen-bond donors (Lipinski definition) is 2. The van der Waals surface area contributed by atoms with Crippen LogP contribution in [0.15, 0.2) is 34.7 Å². The number of thioether (sulfide) groups is 1. The van der Waals surface area contributed by atoms with Crippen LogP contribution in [-0.2, 0) is 11.3 Å². The van der Waals surface area contributed by atoms with Gasteiger partial charge in [-0.3, -0.25) is 4.79 Å². The molecule has 0 radical (unpaired) electrons. The topological polar surface area (TPSA) is 68.3 Å². The highest BCUT2D eigenvalue weighted by atomic mass is 32.2. The van der Waals surface area contributed by atoms with E-state index in [-0.39, 0.29) is 10.7 Å². The van der Waals surface area contributed by atoms with Gasteiger partial charge in [-0.2, -0.15) is 11.8 Å². The summed E-state index contributed by atoms with van der Waals surface area (Å²) >= 11 is 1.58. The van der Waals surface area contributed by atoms with Crippen LogP contribution < -0.4 is 11.1 Å². The molecular weight excluding hydrogens is 272 g/mol. The van der Waals surface area contributed by atoms with Crippen molar-refractivity contribution in [3.8, 4) is 0 Å². The Kier molecular flexibility index (Phi) is 4.40. The van der Waals surface area contributed by atoms with Gasteiger partial charge in [-0.15, -0.1) is 0 Å². The normalized spacial score (nSPS) is 13.4. The minimum atomic E-state index is -0.554. The highest BCUT2D eigenvalue weighted by molar-refractivity contribution is 8.00. The van der Waals surface area contributed by atoms with Crippen molar-refractivity contribution >= 4 is 28.6 Å². The second-order valence-electron chi connectivity index (χ2n) is 5.25. The molecule has 0 bridgehead atoms. The van der Waals surface area contributed by atoms with Crippen molar-refractivity contribution < 1.29 is 9.21 Å². The van der Waals surface area contributed by atoms with Gasteiger partial charge in [0, 0.05) is 10.1 Å². The summed E-state index contributed by atoms with van der Waals surface area (Å²) in [7, 11) is 0. The third-order valence-electron chi connectivity index (χ3n) is 3.47. The van der Waals surface area contributed by atoms with Crippen LogP contribution in [0.25, 0.3) is 11.0 Å². The summed E-state index contributed by atoms with van der Waals surface area (Å²) in [5.41, 5.74) is 6.81. The predicted molar refractivity (Wildman–Crippen MR) is 83.6 cm³/mol. The van der Waals surface area contributed by atoms with Gasteiger partial charge in [-0.1, -0.05) is 18.2 Å². The van der Waals surface area contributed by atoms with Gasteiger partial charge in [-0.25, -0.2) is 0 Å². The first kappa shape index (κ1) is 14.9.